The molecule has 1 heterocycles. The van der Waals surface area contributed by atoms with E-state index in [0.717, 1.165) is 34.0 Å². The van der Waals surface area contributed by atoms with Gasteiger partial charge in [0.05, 0.1) is 10.0 Å². The van der Waals surface area contributed by atoms with Gasteiger partial charge in [-0.1, -0.05) is 12.1 Å². The summed E-state index contributed by atoms with van der Waals surface area (Å²) < 4.78 is 6.93. The number of benzene rings is 1. The zero-order chi connectivity index (χ0) is 14.8. The van der Waals surface area contributed by atoms with Gasteiger partial charge in [-0.05, 0) is 54.8 Å². The van der Waals surface area contributed by atoms with Crippen LogP contribution < -0.4 is 10.1 Å². The molecule has 0 radical (unpaired) electrons. The van der Waals surface area contributed by atoms with Crippen molar-refractivity contribution in [2.24, 2.45) is 0 Å². The van der Waals surface area contributed by atoms with Crippen LogP contribution in [0.3, 0.4) is 0 Å². The zero-order valence-electron chi connectivity index (χ0n) is 12.2. The number of nitrogens with zero attached hydrogens (tertiary/aromatic N) is 2. The van der Waals surface area contributed by atoms with Crippen LogP contribution in [0.2, 0.25) is 0 Å². The van der Waals surface area contributed by atoms with E-state index in [4.69, 9.17) is 4.74 Å². The molecule has 0 atom stereocenters. The van der Waals surface area contributed by atoms with Crippen molar-refractivity contribution in [2.75, 3.05) is 11.9 Å². The molecule has 21 heavy (non-hydrogen) atoms. The van der Waals surface area contributed by atoms with Crippen LogP contribution in [0.4, 0.5) is 5.82 Å². The Morgan fingerprint density at radius 2 is 2.05 bits per heavy atom. The number of halogens is 1. The Hall–Kier alpha value is -1.62. The Balaban J connectivity index is 1.98. The van der Waals surface area contributed by atoms with Crippen LogP contribution >= 0.6 is 15.9 Å². The maximum atomic E-state index is 6.01. The minimum atomic E-state index is 0.490. The molecule has 0 saturated heterocycles. The first kappa shape index (κ1) is 14.3. The van der Waals surface area contributed by atoms with Crippen molar-refractivity contribution in [3.63, 3.8) is 0 Å². The fourth-order valence-electron chi connectivity index (χ4n) is 2.11. The van der Waals surface area contributed by atoms with E-state index < -0.39 is 0 Å². The van der Waals surface area contributed by atoms with Crippen molar-refractivity contribution in [3.8, 4) is 11.6 Å². The van der Waals surface area contributed by atoms with Gasteiger partial charge in [-0.3, -0.25) is 0 Å². The van der Waals surface area contributed by atoms with Crippen molar-refractivity contribution in [2.45, 2.75) is 32.6 Å². The molecule has 110 valence electrons. The highest BCUT2D eigenvalue weighted by Gasteiger charge is 2.28. The summed E-state index contributed by atoms with van der Waals surface area (Å²) in [6, 6.07) is 7.79. The fraction of sp³-hybridized carbons (Fsp3) is 0.375. The van der Waals surface area contributed by atoms with E-state index in [1.54, 1.807) is 0 Å². The predicted octanol–water partition coefficient (Wildman–Crippen LogP) is 4.65. The van der Waals surface area contributed by atoms with Gasteiger partial charge in [-0.15, -0.1) is 0 Å². The lowest BCUT2D eigenvalue weighted by Crippen LogP contribution is -2.07. The predicted molar refractivity (Wildman–Crippen MR) is 87.1 cm³/mol. The van der Waals surface area contributed by atoms with Gasteiger partial charge < -0.3 is 10.1 Å². The van der Waals surface area contributed by atoms with Gasteiger partial charge in [0.2, 0.25) is 5.88 Å². The van der Waals surface area contributed by atoms with Gasteiger partial charge in [0.1, 0.15) is 17.4 Å². The van der Waals surface area contributed by atoms with Gasteiger partial charge >= 0.3 is 0 Å². The van der Waals surface area contributed by atoms with Crippen LogP contribution in [-0.2, 0) is 0 Å². The lowest BCUT2D eigenvalue weighted by molar-refractivity contribution is 0.452. The van der Waals surface area contributed by atoms with Crippen LogP contribution in [0.25, 0.3) is 0 Å². The molecule has 0 amide bonds. The molecule has 1 aromatic carbocycles. The first-order chi connectivity index (χ1) is 10.2. The Morgan fingerprint density at radius 1 is 1.29 bits per heavy atom. The van der Waals surface area contributed by atoms with Crippen molar-refractivity contribution < 1.29 is 4.74 Å². The summed E-state index contributed by atoms with van der Waals surface area (Å²) in [7, 11) is 0. The molecule has 0 aliphatic heterocycles. The van der Waals surface area contributed by atoms with Crippen LogP contribution in [0.1, 0.15) is 37.1 Å². The summed E-state index contributed by atoms with van der Waals surface area (Å²) >= 11 is 3.50. The Morgan fingerprint density at radius 3 is 2.71 bits per heavy atom. The Bertz CT molecular complexity index is 656. The van der Waals surface area contributed by atoms with E-state index in [9.17, 15) is 0 Å². The quantitative estimate of drug-likeness (QED) is 0.854. The van der Waals surface area contributed by atoms with Crippen LogP contribution in [0.15, 0.2) is 28.7 Å². The molecule has 1 fully saturated rings. The van der Waals surface area contributed by atoms with E-state index >= 15 is 0 Å². The number of para-hydroxylation sites is 1. The Labute approximate surface area is 133 Å². The number of hydrogen-bond donors (Lipinski definition) is 1. The maximum Gasteiger partial charge on any atom is 0.227 e. The third-order valence-electron chi connectivity index (χ3n) is 3.45. The summed E-state index contributed by atoms with van der Waals surface area (Å²) in [5.41, 5.74) is 0.942. The molecule has 1 N–H and O–H groups in total. The lowest BCUT2D eigenvalue weighted by atomic mass is 10.3. The first-order valence-corrected chi connectivity index (χ1v) is 8.03. The van der Waals surface area contributed by atoms with Crippen molar-refractivity contribution in [3.05, 3.63) is 40.1 Å². The van der Waals surface area contributed by atoms with E-state index in [0.29, 0.717) is 11.8 Å². The van der Waals surface area contributed by atoms with Crippen molar-refractivity contribution in [1.82, 2.24) is 9.97 Å². The van der Waals surface area contributed by atoms with E-state index in [1.165, 1.54) is 12.8 Å². The van der Waals surface area contributed by atoms with Crippen LogP contribution in [-0.4, -0.2) is 16.5 Å². The molecule has 1 saturated carbocycles. The standard InChI is InChI=1S/C16H18BrN3O/c1-3-18-14-10(2)16(20-15(19-14)11-8-9-11)21-13-7-5-4-6-12(13)17/h4-7,11H,3,8-9H2,1-2H3,(H,18,19,20). The lowest BCUT2D eigenvalue weighted by Gasteiger charge is -2.14. The van der Waals surface area contributed by atoms with Gasteiger partial charge in [-0.25, -0.2) is 4.98 Å². The number of ether oxygens (including phenoxy) is 1. The zero-order valence-corrected chi connectivity index (χ0v) is 13.8. The molecular formula is C16H18BrN3O. The fourth-order valence-corrected chi connectivity index (χ4v) is 2.47. The van der Waals surface area contributed by atoms with Crippen molar-refractivity contribution in [1.29, 1.82) is 0 Å². The van der Waals surface area contributed by atoms with Gasteiger partial charge in [0.25, 0.3) is 0 Å². The maximum absolute atomic E-state index is 6.01. The smallest absolute Gasteiger partial charge is 0.227 e. The highest BCUT2D eigenvalue weighted by atomic mass is 79.9. The molecule has 3 rings (SSSR count). The van der Waals surface area contributed by atoms with Crippen molar-refractivity contribution >= 4 is 21.7 Å². The number of rotatable bonds is 5. The molecule has 1 aliphatic rings. The molecule has 1 aromatic heterocycles. The van der Waals surface area contributed by atoms with Gasteiger partial charge in [0.15, 0.2) is 0 Å². The van der Waals surface area contributed by atoms with E-state index in [1.807, 2.05) is 31.2 Å². The van der Waals surface area contributed by atoms with Crippen LogP contribution in [0.5, 0.6) is 11.6 Å². The minimum absolute atomic E-state index is 0.490. The molecule has 2 aromatic rings. The highest BCUT2D eigenvalue weighted by molar-refractivity contribution is 9.10. The highest BCUT2D eigenvalue weighted by Crippen LogP contribution is 2.40. The monoisotopic (exact) mass is 347 g/mol. The van der Waals surface area contributed by atoms with Gasteiger partial charge in [-0.2, -0.15) is 4.98 Å². The Kier molecular flexibility index (Phi) is 4.10. The summed E-state index contributed by atoms with van der Waals surface area (Å²) in [5, 5.41) is 3.30. The molecule has 0 unspecified atom stereocenters. The number of aromatic nitrogens is 2. The molecule has 5 heteroatoms. The van der Waals surface area contributed by atoms with E-state index in [-0.39, 0.29) is 0 Å². The third-order valence-corrected chi connectivity index (χ3v) is 4.10. The largest absolute Gasteiger partial charge is 0.437 e. The number of nitrogens with one attached hydrogen (secondary N) is 1. The topological polar surface area (TPSA) is 47.0 Å². The molecule has 1 aliphatic carbocycles. The second kappa shape index (κ2) is 6.02. The van der Waals surface area contributed by atoms with Crippen LogP contribution in [0, 0.1) is 6.92 Å². The summed E-state index contributed by atoms with van der Waals surface area (Å²) in [4.78, 5) is 9.25. The average molecular weight is 348 g/mol. The molecule has 0 bridgehead atoms. The summed E-state index contributed by atoms with van der Waals surface area (Å²) in [6.45, 7) is 4.88. The second-order valence-electron chi connectivity index (χ2n) is 5.20. The molecular weight excluding hydrogens is 330 g/mol. The third kappa shape index (κ3) is 3.18. The molecule has 0 spiro atoms. The summed E-state index contributed by atoms with van der Waals surface area (Å²) in [5.74, 6) is 3.65. The number of anilines is 1. The minimum Gasteiger partial charge on any atom is -0.437 e. The van der Waals surface area contributed by atoms with Gasteiger partial charge in [0, 0.05) is 12.5 Å². The number of hydrogen-bond acceptors (Lipinski definition) is 4. The van der Waals surface area contributed by atoms with E-state index in [2.05, 4.69) is 38.1 Å². The second-order valence-corrected chi connectivity index (χ2v) is 6.05. The molecule has 4 nitrogen and oxygen atoms in total. The SMILES string of the molecule is CCNc1nc(C2CC2)nc(Oc2ccccc2Br)c1C. The normalized spacial score (nSPS) is 14.0. The average Bonchev–Trinajstić information content (AvgIpc) is 3.30. The first-order valence-electron chi connectivity index (χ1n) is 7.23. The summed E-state index contributed by atoms with van der Waals surface area (Å²) in [6.07, 6.45) is 2.34.